The van der Waals surface area contributed by atoms with Crippen molar-refractivity contribution in [2.45, 2.75) is 65.4 Å². The molecule has 3 nitrogen and oxygen atoms in total. The molecule has 0 aliphatic rings. The van der Waals surface area contributed by atoms with Gasteiger partial charge in [0.05, 0.1) is 6.61 Å². The lowest BCUT2D eigenvalue weighted by molar-refractivity contribution is 0.0530. The van der Waals surface area contributed by atoms with Gasteiger partial charge >= 0.3 is 0 Å². The van der Waals surface area contributed by atoms with E-state index >= 15 is 0 Å². The third-order valence-electron chi connectivity index (χ3n) is 3.58. The standard InChI is InChI=1S/C18H30O3/c1-12-8-16(21-11-13(20)10-19)15(18(5,6)7)9-14(12)17(2,3)4/h8-9,13,19-20H,10-11H2,1-7H3. The highest BCUT2D eigenvalue weighted by atomic mass is 16.5. The van der Waals surface area contributed by atoms with E-state index in [-0.39, 0.29) is 24.0 Å². The summed E-state index contributed by atoms with van der Waals surface area (Å²) < 4.78 is 5.75. The van der Waals surface area contributed by atoms with E-state index in [1.165, 1.54) is 11.1 Å². The number of ether oxygens (including phenoxy) is 1. The first kappa shape index (κ1) is 18.0. The van der Waals surface area contributed by atoms with E-state index in [2.05, 4.69) is 54.5 Å². The van der Waals surface area contributed by atoms with E-state index in [0.29, 0.717) is 0 Å². The molecule has 0 aliphatic carbocycles. The highest BCUT2D eigenvalue weighted by Gasteiger charge is 2.25. The molecule has 0 saturated heterocycles. The van der Waals surface area contributed by atoms with Crippen LogP contribution in [0, 0.1) is 6.92 Å². The molecule has 0 radical (unpaired) electrons. The summed E-state index contributed by atoms with van der Waals surface area (Å²) in [6.45, 7) is 15.0. The van der Waals surface area contributed by atoms with E-state index in [9.17, 15) is 5.11 Å². The zero-order chi connectivity index (χ0) is 16.4. The van der Waals surface area contributed by atoms with Crippen LogP contribution in [0.25, 0.3) is 0 Å². The number of aryl methyl sites for hydroxylation is 1. The summed E-state index contributed by atoms with van der Waals surface area (Å²) in [5.74, 6) is 0.792. The lowest BCUT2D eigenvalue weighted by Gasteiger charge is -2.29. The summed E-state index contributed by atoms with van der Waals surface area (Å²) in [5.41, 5.74) is 3.65. The van der Waals surface area contributed by atoms with Crippen molar-refractivity contribution >= 4 is 0 Å². The number of aliphatic hydroxyl groups excluding tert-OH is 2. The first-order valence-corrected chi connectivity index (χ1v) is 7.54. The summed E-state index contributed by atoms with van der Waals surface area (Å²) in [5, 5.41) is 18.4. The van der Waals surface area contributed by atoms with Gasteiger partial charge in [0.25, 0.3) is 0 Å². The lowest BCUT2D eigenvalue weighted by atomic mass is 9.78. The first-order chi connectivity index (χ1) is 9.46. The van der Waals surface area contributed by atoms with Crippen molar-refractivity contribution in [1.82, 2.24) is 0 Å². The first-order valence-electron chi connectivity index (χ1n) is 7.54. The van der Waals surface area contributed by atoms with Gasteiger partial charge in [-0.25, -0.2) is 0 Å². The van der Waals surface area contributed by atoms with Gasteiger partial charge in [-0.1, -0.05) is 47.6 Å². The smallest absolute Gasteiger partial charge is 0.123 e. The molecule has 0 spiro atoms. The molecular formula is C18H30O3. The number of rotatable bonds is 4. The number of hydrogen-bond acceptors (Lipinski definition) is 3. The maximum absolute atomic E-state index is 9.49. The molecule has 1 unspecified atom stereocenters. The molecule has 0 fully saturated rings. The zero-order valence-electron chi connectivity index (χ0n) is 14.4. The van der Waals surface area contributed by atoms with Crippen molar-refractivity contribution in [1.29, 1.82) is 0 Å². The van der Waals surface area contributed by atoms with Crippen molar-refractivity contribution in [3.63, 3.8) is 0 Å². The van der Waals surface area contributed by atoms with Gasteiger partial charge < -0.3 is 14.9 Å². The van der Waals surface area contributed by atoms with Crippen LogP contribution in [-0.4, -0.2) is 29.5 Å². The number of aliphatic hydroxyl groups is 2. The minimum absolute atomic E-state index is 0.0484. The maximum Gasteiger partial charge on any atom is 0.123 e. The third-order valence-corrected chi connectivity index (χ3v) is 3.58. The molecule has 1 aromatic rings. The van der Waals surface area contributed by atoms with Crippen LogP contribution in [-0.2, 0) is 10.8 Å². The van der Waals surface area contributed by atoms with Crippen LogP contribution < -0.4 is 4.74 Å². The normalized spacial score (nSPS) is 14.1. The average molecular weight is 294 g/mol. The SMILES string of the molecule is Cc1cc(OCC(O)CO)c(C(C)(C)C)cc1C(C)(C)C. The quantitative estimate of drug-likeness (QED) is 0.895. The second kappa shape index (κ2) is 6.37. The Hall–Kier alpha value is -1.06. The van der Waals surface area contributed by atoms with Crippen molar-refractivity contribution in [3.05, 3.63) is 28.8 Å². The Morgan fingerprint density at radius 1 is 1.00 bits per heavy atom. The minimum atomic E-state index is -0.847. The molecule has 0 aromatic heterocycles. The Bertz CT molecular complexity index is 478. The van der Waals surface area contributed by atoms with Gasteiger partial charge in [0.2, 0.25) is 0 Å². The summed E-state index contributed by atoms with van der Waals surface area (Å²) in [4.78, 5) is 0. The predicted octanol–water partition coefficient (Wildman–Crippen LogP) is 3.32. The van der Waals surface area contributed by atoms with Crippen LogP contribution in [0.4, 0.5) is 0 Å². The van der Waals surface area contributed by atoms with Crippen molar-refractivity contribution < 1.29 is 14.9 Å². The Morgan fingerprint density at radius 2 is 1.52 bits per heavy atom. The Kier molecular flexibility index (Phi) is 5.46. The molecule has 0 aliphatic heterocycles. The van der Waals surface area contributed by atoms with Gasteiger partial charge in [0, 0.05) is 0 Å². The van der Waals surface area contributed by atoms with E-state index in [1.54, 1.807) is 0 Å². The molecule has 120 valence electrons. The van der Waals surface area contributed by atoms with Gasteiger partial charge in [0.15, 0.2) is 0 Å². The Morgan fingerprint density at radius 3 is 1.95 bits per heavy atom. The van der Waals surface area contributed by atoms with Crippen LogP contribution in [0.15, 0.2) is 12.1 Å². The van der Waals surface area contributed by atoms with Crippen LogP contribution in [0.3, 0.4) is 0 Å². The lowest BCUT2D eigenvalue weighted by Crippen LogP contribution is -2.24. The molecule has 0 saturated carbocycles. The largest absolute Gasteiger partial charge is 0.490 e. The summed E-state index contributed by atoms with van der Waals surface area (Å²) in [6, 6.07) is 4.27. The van der Waals surface area contributed by atoms with Gasteiger partial charge in [0.1, 0.15) is 18.5 Å². The fourth-order valence-corrected chi connectivity index (χ4v) is 2.43. The minimum Gasteiger partial charge on any atom is -0.490 e. The molecule has 1 aromatic carbocycles. The second-order valence-corrected chi connectivity index (χ2v) is 7.81. The highest BCUT2D eigenvalue weighted by Crippen LogP contribution is 2.37. The predicted molar refractivity (Wildman–Crippen MR) is 87.2 cm³/mol. The number of hydrogen-bond donors (Lipinski definition) is 2. The van der Waals surface area contributed by atoms with Gasteiger partial charge in [-0.2, -0.15) is 0 Å². The van der Waals surface area contributed by atoms with Gasteiger partial charge in [-0.05, 0) is 40.5 Å². The van der Waals surface area contributed by atoms with Crippen LogP contribution in [0.2, 0.25) is 0 Å². The molecule has 0 bridgehead atoms. The fraction of sp³-hybridized carbons (Fsp3) is 0.667. The Balaban J connectivity index is 3.27. The third kappa shape index (κ3) is 4.72. The molecule has 3 heteroatoms. The van der Waals surface area contributed by atoms with E-state index in [4.69, 9.17) is 9.84 Å². The van der Waals surface area contributed by atoms with Crippen LogP contribution >= 0.6 is 0 Å². The van der Waals surface area contributed by atoms with Crippen molar-refractivity contribution in [3.8, 4) is 5.75 Å². The summed E-state index contributed by atoms with van der Waals surface area (Å²) in [7, 11) is 0. The van der Waals surface area contributed by atoms with E-state index in [0.717, 1.165) is 11.3 Å². The molecule has 1 rings (SSSR count). The van der Waals surface area contributed by atoms with Gasteiger partial charge in [-0.15, -0.1) is 0 Å². The Labute approximate surface area is 129 Å². The van der Waals surface area contributed by atoms with E-state index < -0.39 is 6.10 Å². The highest BCUT2D eigenvalue weighted by molar-refractivity contribution is 5.47. The zero-order valence-corrected chi connectivity index (χ0v) is 14.4. The molecular weight excluding hydrogens is 264 g/mol. The molecule has 0 heterocycles. The molecule has 21 heavy (non-hydrogen) atoms. The maximum atomic E-state index is 9.49. The van der Waals surface area contributed by atoms with Crippen LogP contribution in [0.1, 0.15) is 58.2 Å². The van der Waals surface area contributed by atoms with Crippen LogP contribution in [0.5, 0.6) is 5.75 Å². The molecule has 0 amide bonds. The number of benzene rings is 1. The summed E-state index contributed by atoms with van der Waals surface area (Å²) >= 11 is 0. The average Bonchev–Trinajstić information content (AvgIpc) is 2.32. The molecule has 2 N–H and O–H groups in total. The van der Waals surface area contributed by atoms with E-state index in [1.807, 2.05) is 6.07 Å². The molecule has 1 atom stereocenters. The second-order valence-electron chi connectivity index (χ2n) is 7.81. The fourth-order valence-electron chi connectivity index (χ4n) is 2.43. The van der Waals surface area contributed by atoms with Crippen molar-refractivity contribution in [2.75, 3.05) is 13.2 Å². The van der Waals surface area contributed by atoms with Gasteiger partial charge in [-0.3, -0.25) is 0 Å². The topological polar surface area (TPSA) is 49.7 Å². The monoisotopic (exact) mass is 294 g/mol. The van der Waals surface area contributed by atoms with Crippen molar-refractivity contribution in [2.24, 2.45) is 0 Å². The summed E-state index contributed by atoms with van der Waals surface area (Å²) in [6.07, 6.45) is -0.847.